The third-order valence-corrected chi connectivity index (χ3v) is 4.06. The van der Waals surface area contributed by atoms with Gasteiger partial charge >= 0.3 is 0 Å². The van der Waals surface area contributed by atoms with Crippen molar-refractivity contribution >= 4 is 23.7 Å². The molecule has 0 atom stereocenters. The summed E-state index contributed by atoms with van der Waals surface area (Å²) in [5.74, 6) is -0.474. The molecule has 0 aromatic heterocycles. The Morgan fingerprint density at radius 3 is 2.33 bits per heavy atom. The topological polar surface area (TPSA) is 102 Å². The summed E-state index contributed by atoms with van der Waals surface area (Å²) in [5.41, 5.74) is 0. The molecule has 21 heavy (non-hydrogen) atoms. The SMILES string of the molecule is CNC(=N)NC(=O)C1CCC(CN2C(=O)C=CC2=O)CC1. The maximum Gasteiger partial charge on any atom is 0.253 e. The zero-order valence-electron chi connectivity index (χ0n) is 12.0. The lowest BCUT2D eigenvalue weighted by Crippen LogP contribution is -2.43. The minimum Gasteiger partial charge on any atom is -0.359 e. The van der Waals surface area contributed by atoms with Crippen LogP contribution >= 0.6 is 0 Å². The van der Waals surface area contributed by atoms with Gasteiger partial charge in [0.15, 0.2) is 5.96 Å². The monoisotopic (exact) mass is 292 g/mol. The van der Waals surface area contributed by atoms with Crippen LogP contribution in [0, 0.1) is 17.2 Å². The smallest absolute Gasteiger partial charge is 0.253 e. The predicted octanol–water partition coefficient (Wildman–Crippen LogP) is -0.0118. The molecule has 1 aliphatic heterocycles. The number of hydrogen-bond donors (Lipinski definition) is 3. The van der Waals surface area contributed by atoms with Crippen LogP contribution in [0.2, 0.25) is 0 Å². The summed E-state index contributed by atoms with van der Waals surface area (Å²) in [6.07, 6.45) is 5.65. The average Bonchev–Trinajstić information content (AvgIpc) is 2.79. The lowest BCUT2D eigenvalue weighted by atomic mass is 9.81. The molecule has 1 saturated carbocycles. The van der Waals surface area contributed by atoms with Crippen LogP contribution in [-0.4, -0.2) is 42.2 Å². The molecule has 0 radical (unpaired) electrons. The van der Waals surface area contributed by atoms with Gasteiger partial charge in [0.05, 0.1) is 0 Å². The Labute approximate surface area is 123 Å². The highest BCUT2D eigenvalue weighted by Gasteiger charge is 2.31. The van der Waals surface area contributed by atoms with Crippen LogP contribution in [-0.2, 0) is 14.4 Å². The van der Waals surface area contributed by atoms with Gasteiger partial charge in [-0.2, -0.15) is 0 Å². The lowest BCUT2D eigenvalue weighted by Gasteiger charge is -2.29. The first-order valence-corrected chi connectivity index (χ1v) is 7.12. The summed E-state index contributed by atoms with van der Waals surface area (Å²) in [5, 5.41) is 12.5. The quantitative estimate of drug-likeness (QED) is 0.387. The highest BCUT2D eigenvalue weighted by Crippen LogP contribution is 2.30. The van der Waals surface area contributed by atoms with Crippen molar-refractivity contribution in [2.24, 2.45) is 11.8 Å². The van der Waals surface area contributed by atoms with Gasteiger partial charge in [0.2, 0.25) is 5.91 Å². The van der Waals surface area contributed by atoms with E-state index in [1.54, 1.807) is 7.05 Å². The molecule has 7 heteroatoms. The first kappa shape index (κ1) is 15.2. The van der Waals surface area contributed by atoms with Crippen molar-refractivity contribution in [2.75, 3.05) is 13.6 Å². The van der Waals surface area contributed by atoms with Gasteiger partial charge in [-0.3, -0.25) is 30.0 Å². The molecule has 7 nitrogen and oxygen atoms in total. The number of nitrogens with one attached hydrogen (secondary N) is 3. The number of rotatable bonds is 3. The predicted molar refractivity (Wildman–Crippen MR) is 76.2 cm³/mol. The summed E-state index contributed by atoms with van der Waals surface area (Å²) in [6, 6.07) is 0. The summed E-state index contributed by atoms with van der Waals surface area (Å²) in [4.78, 5) is 36.2. The first-order valence-electron chi connectivity index (χ1n) is 7.12. The molecule has 3 amide bonds. The van der Waals surface area contributed by atoms with Gasteiger partial charge in [-0.05, 0) is 31.6 Å². The van der Waals surface area contributed by atoms with Crippen molar-refractivity contribution in [3.8, 4) is 0 Å². The standard InChI is InChI=1S/C14H20N4O3/c1-16-14(15)17-13(21)10-4-2-9(3-5-10)8-18-11(19)6-7-12(18)20/h6-7,9-10H,2-5,8H2,1H3,(H3,15,16,17,21). The summed E-state index contributed by atoms with van der Waals surface area (Å²) in [7, 11) is 1.58. The molecule has 0 bridgehead atoms. The molecule has 1 heterocycles. The second-order valence-electron chi connectivity index (χ2n) is 5.45. The van der Waals surface area contributed by atoms with E-state index in [2.05, 4.69) is 10.6 Å². The van der Waals surface area contributed by atoms with Crippen LogP contribution in [0.1, 0.15) is 25.7 Å². The number of imide groups is 1. The van der Waals surface area contributed by atoms with Crippen molar-refractivity contribution in [2.45, 2.75) is 25.7 Å². The largest absolute Gasteiger partial charge is 0.359 e. The van der Waals surface area contributed by atoms with Gasteiger partial charge in [0.25, 0.3) is 11.8 Å². The Morgan fingerprint density at radius 1 is 1.24 bits per heavy atom. The minimum absolute atomic E-state index is 0.00135. The Kier molecular flexibility index (Phi) is 4.72. The van der Waals surface area contributed by atoms with Gasteiger partial charge in [0, 0.05) is 31.7 Å². The van der Waals surface area contributed by atoms with E-state index in [9.17, 15) is 14.4 Å². The molecule has 1 aliphatic carbocycles. The van der Waals surface area contributed by atoms with E-state index in [0.29, 0.717) is 6.54 Å². The normalized spacial score (nSPS) is 25.1. The van der Waals surface area contributed by atoms with E-state index in [0.717, 1.165) is 25.7 Å². The maximum atomic E-state index is 11.9. The zero-order valence-corrected chi connectivity index (χ0v) is 12.0. The fourth-order valence-electron chi connectivity index (χ4n) is 2.76. The van der Waals surface area contributed by atoms with Gasteiger partial charge in [-0.1, -0.05) is 0 Å². The Bertz CT molecular complexity index is 474. The summed E-state index contributed by atoms with van der Waals surface area (Å²) < 4.78 is 0. The van der Waals surface area contributed by atoms with Gasteiger partial charge in [-0.25, -0.2) is 0 Å². The maximum absolute atomic E-state index is 11.9. The Hall–Kier alpha value is -2.18. The highest BCUT2D eigenvalue weighted by molar-refractivity contribution is 6.12. The van der Waals surface area contributed by atoms with Crippen molar-refractivity contribution < 1.29 is 14.4 Å². The van der Waals surface area contributed by atoms with E-state index < -0.39 is 0 Å². The molecule has 0 aromatic rings. The molecule has 0 spiro atoms. The van der Waals surface area contributed by atoms with E-state index in [1.165, 1.54) is 17.1 Å². The van der Waals surface area contributed by atoms with E-state index in [-0.39, 0.29) is 35.5 Å². The van der Waals surface area contributed by atoms with Crippen molar-refractivity contribution in [1.82, 2.24) is 15.5 Å². The third kappa shape index (κ3) is 3.68. The van der Waals surface area contributed by atoms with Crippen LogP contribution in [0.4, 0.5) is 0 Å². The molecule has 0 saturated heterocycles. The minimum atomic E-state index is -0.248. The number of amides is 3. The number of hydrogen-bond acceptors (Lipinski definition) is 4. The Balaban J connectivity index is 1.78. The Morgan fingerprint density at radius 2 is 1.81 bits per heavy atom. The van der Waals surface area contributed by atoms with E-state index in [4.69, 9.17) is 5.41 Å². The molecule has 2 rings (SSSR count). The zero-order chi connectivity index (χ0) is 15.4. The number of nitrogens with zero attached hydrogens (tertiary/aromatic N) is 1. The fourth-order valence-corrected chi connectivity index (χ4v) is 2.76. The van der Waals surface area contributed by atoms with Gasteiger partial charge in [-0.15, -0.1) is 0 Å². The summed E-state index contributed by atoms with van der Waals surface area (Å²) >= 11 is 0. The molecule has 0 aromatic carbocycles. The van der Waals surface area contributed by atoms with Crippen LogP contribution in [0.15, 0.2) is 12.2 Å². The van der Waals surface area contributed by atoms with Gasteiger partial charge in [0.1, 0.15) is 0 Å². The molecule has 0 unspecified atom stereocenters. The van der Waals surface area contributed by atoms with Crippen LogP contribution < -0.4 is 10.6 Å². The molecule has 3 N–H and O–H groups in total. The van der Waals surface area contributed by atoms with E-state index in [1.807, 2.05) is 0 Å². The third-order valence-electron chi connectivity index (χ3n) is 4.06. The molecular formula is C14H20N4O3. The number of carbonyl (C=O) groups excluding carboxylic acids is 3. The first-order chi connectivity index (χ1) is 10.0. The fraction of sp³-hybridized carbons (Fsp3) is 0.571. The second-order valence-corrected chi connectivity index (χ2v) is 5.45. The van der Waals surface area contributed by atoms with Crippen LogP contribution in [0.3, 0.4) is 0 Å². The highest BCUT2D eigenvalue weighted by atomic mass is 16.2. The number of carbonyl (C=O) groups is 3. The molecule has 114 valence electrons. The van der Waals surface area contributed by atoms with E-state index >= 15 is 0 Å². The number of guanidine groups is 1. The average molecular weight is 292 g/mol. The second kappa shape index (κ2) is 6.51. The lowest BCUT2D eigenvalue weighted by molar-refractivity contribution is -0.138. The molecular weight excluding hydrogens is 272 g/mol. The van der Waals surface area contributed by atoms with Crippen molar-refractivity contribution in [3.05, 3.63) is 12.2 Å². The van der Waals surface area contributed by atoms with Crippen LogP contribution in [0.25, 0.3) is 0 Å². The van der Waals surface area contributed by atoms with Crippen molar-refractivity contribution in [3.63, 3.8) is 0 Å². The molecule has 1 fully saturated rings. The summed E-state index contributed by atoms with van der Waals surface area (Å²) in [6.45, 7) is 0.436. The van der Waals surface area contributed by atoms with Crippen molar-refractivity contribution in [1.29, 1.82) is 5.41 Å². The molecule has 2 aliphatic rings. The van der Waals surface area contributed by atoms with Crippen LogP contribution in [0.5, 0.6) is 0 Å². The van der Waals surface area contributed by atoms with Gasteiger partial charge < -0.3 is 5.32 Å².